The van der Waals surface area contributed by atoms with Gasteiger partial charge in [-0.2, -0.15) is 0 Å². The number of thioether (sulfide) groups is 1. The first-order chi connectivity index (χ1) is 9.33. The topological polar surface area (TPSA) is 38.3 Å². The lowest BCUT2D eigenvalue weighted by atomic mass is 10.0. The zero-order chi connectivity index (χ0) is 13.5. The van der Waals surface area contributed by atoms with Crippen LogP contribution in [-0.4, -0.2) is 37.3 Å². The molecule has 0 saturated carbocycles. The Bertz CT molecular complexity index is 428. The number of ether oxygens (including phenoxy) is 1. The summed E-state index contributed by atoms with van der Waals surface area (Å²) in [6, 6.07) is 8.13. The molecular weight excluding hydrogens is 282 g/mol. The lowest BCUT2D eigenvalue weighted by Gasteiger charge is -2.11. The molecule has 0 radical (unpaired) electrons. The van der Waals surface area contributed by atoms with Crippen LogP contribution in [0.25, 0.3) is 0 Å². The zero-order valence-electron chi connectivity index (χ0n) is 10.7. The number of hydrogen-bond donors (Lipinski definition) is 1. The molecular formula is C14H18ClNO2S. The Hall–Kier alpha value is -0.710. The molecule has 0 spiro atoms. The molecule has 1 aromatic rings. The van der Waals surface area contributed by atoms with Gasteiger partial charge in [0.15, 0.2) is 0 Å². The van der Waals surface area contributed by atoms with Crippen LogP contribution in [0.4, 0.5) is 0 Å². The van der Waals surface area contributed by atoms with Gasteiger partial charge >= 0.3 is 0 Å². The van der Waals surface area contributed by atoms with Gasteiger partial charge in [-0.15, -0.1) is 23.4 Å². The predicted octanol–water partition coefficient (Wildman–Crippen LogP) is 2.64. The van der Waals surface area contributed by atoms with E-state index in [1.807, 2.05) is 18.2 Å². The van der Waals surface area contributed by atoms with Gasteiger partial charge in [0.05, 0.1) is 12.5 Å². The Labute approximate surface area is 123 Å². The zero-order valence-corrected chi connectivity index (χ0v) is 12.3. The summed E-state index contributed by atoms with van der Waals surface area (Å²) in [6.45, 7) is 1.87. The maximum Gasteiger partial charge on any atom is 0.228 e. The van der Waals surface area contributed by atoms with Crippen molar-refractivity contribution in [3.8, 4) is 0 Å². The minimum atomic E-state index is -0.00930. The first-order valence-electron chi connectivity index (χ1n) is 6.46. The van der Waals surface area contributed by atoms with Crippen molar-refractivity contribution in [2.24, 2.45) is 0 Å². The van der Waals surface area contributed by atoms with E-state index in [4.69, 9.17) is 16.3 Å². The number of benzene rings is 1. The van der Waals surface area contributed by atoms with Crippen molar-refractivity contribution in [3.05, 3.63) is 29.8 Å². The monoisotopic (exact) mass is 299 g/mol. The highest BCUT2D eigenvalue weighted by atomic mass is 35.5. The van der Waals surface area contributed by atoms with Gasteiger partial charge < -0.3 is 10.1 Å². The Morgan fingerprint density at radius 3 is 3.11 bits per heavy atom. The van der Waals surface area contributed by atoms with Crippen LogP contribution in [0.2, 0.25) is 0 Å². The second-order valence-corrected chi connectivity index (χ2v) is 5.79. The molecule has 5 heteroatoms. The number of carbonyl (C=O) groups excluding carboxylic acids is 1. The Balaban J connectivity index is 1.73. The molecule has 0 saturated heterocycles. The van der Waals surface area contributed by atoms with Crippen molar-refractivity contribution >= 4 is 29.3 Å². The number of carbonyl (C=O) groups is 1. The highest BCUT2D eigenvalue weighted by Gasteiger charge is 2.28. The predicted molar refractivity (Wildman–Crippen MR) is 79.1 cm³/mol. The fourth-order valence-electron chi connectivity index (χ4n) is 2.05. The first-order valence-corrected chi connectivity index (χ1v) is 7.98. The summed E-state index contributed by atoms with van der Waals surface area (Å²) in [6.07, 6.45) is 0.824. The normalized spacial score (nSPS) is 17.2. The van der Waals surface area contributed by atoms with E-state index in [-0.39, 0.29) is 11.8 Å². The molecule has 1 N–H and O–H groups in total. The van der Waals surface area contributed by atoms with Crippen LogP contribution in [0, 0.1) is 0 Å². The summed E-state index contributed by atoms with van der Waals surface area (Å²) in [5.74, 6) is 1.47. The SMILES string of the molecule is O=C(NCCCOCCCl)C1CSc2ccccc21. The molecule has 0 fully saturated rings. The molecule has 0 aliphatic carbocycles. The molecule has 0 bridgehead atoms. The Morgan fingerprint density at radius 1 is 1.42 bits per heavy atom. The average molecular weight is 300 g/mol. The number of halogens is 1. The number of hydrogen-bond acceptors (Lipinski definition) is 3. The van der Waals surface area contributed by atoms with E-state index in [2.05, 4.69) is 11.4 Å². The fourth-order valence-corrected chi connectivity index (χ4v) is 3.38. The second kappa shape index (κ2) is 7.78. The van der Waals surface area contributed by atoms with Crippen LogP contribution in [0.3, 0.4) is 0 Å². The summed E-state index contributed by atoms with van der Waals surface area (Å²) in [5, 5.41) is 2.98. The molecule has 1 unspecified atom stereocenters. The van der Waals surface area contributed by atoms with Crippen LogP contribution < -0.4 is 5.32 Å². The molecule has 104 valence electrons. The highest BCUT2D eigenvalue weighted by molar-refractivity contribution is 7.99. The van der Waals surface area contributed by atoms with E-state index in [1.54, 1.807) is 11.8 Å². The third kappa shape index (κ3) is 4.13. The standard InChI is InChI=1S/C14H18ClNO2S/c15-6-9-18-8-3-7-16-14(17)12-10-19-13-5-2-1-4-11(12)13/h1-2,4-5,12H,3,6-10H2,(H,16,17). The molecule has 19 heavy (non-hydrogen) atoms. The van der Waals surface area contributed by atoms with Gasteiger partial charge in [0.2, 0.25) is 5.91 Å². The average Bonchev–Trinajstić information content (AvgIpc) is 2.86. The van der Waals surface area contributed by atoms with Gasteiger partial charge in [0.25, 0.3) is 0 Å². The fraction of sp³-hybridized carbons (Fsp3) is 0.500. The van der Waals surface area contributed by atoms with Gasteiger partial charge in [-0.3, -0.25) is 4.79 Å². The van der Waals surface area contributed by atoms with Crippen molar-refractivity contribution in [2.75, 3.05) is 31.4 Å². The molecule has 1 aromatic carbocycles. The second-order valence-electron chi connectivity index (χ2n) is 4.35. The molecule has 0 aromatic heterocycles. The third-order valence-electron chi connectivity index (χ3n) is 3.00. The van der Waals surface area contributed by atoms with E-state index in [1.165, 1.54) is 4.90 Å². The van der Waals surface area contributed by atoms with Crippen molar-refractivity contribution in [2.45, 2.75) is 17.2 Å². The van der Waals surface area contributed by atoms with Gasteiger partial charge in [-0.05, 0) is 18.1 Å². The Kier molecular flexibility index (Phi) is 6.01. The van der Waals surface area contributed by atoms with Gasteiger partial charge in [0.1, 0.15) is 0 Å². The van der Waals surface area contributed by atoms with Crippen molar-refractivity contribution in [3.63, 3.8) is 0 Å². The summed E-state index contributed by atoms with van der Waals surface area (Å²) in [4.78, 5) is 13.3. The van der Waals surface area contributed by atoms with E-state index in [9.17, 15) is 4.79 Å². The summed E-state index contributed by atoms with van der Waals surface area (Å²) in [7, 11) is 0. The first kappa shape index (κ1) is 14.7. The van der Waals surface area contributed by atoms with Gasteiger partial charge in [-0.25, -0.2) is 0 Å². The minimum absolute atomic E-state index is 0.00930. The van der Waals surface area contributed by atoms with Gasteiger partial charge in [-0.1, -0.05) is 18.2 Å². The lowest BCUT2D eigenvalue weighted by molar-refractivity contribution is -0.122. The van der Waals surface area contributed by atoms with Crippen LogP contribution in [0.5, 0.6) is 0 Å². The van der Waals surface area contributed by atoms with E-state index in [0.717, 1.165) is 17.7 Å². The molecule has 1 atom stereocenters. The largest absolute Gasteiger partial charge is 0.380 e. The minimum Gasteiger partial charge on any atom is -0.380 e. The number of alkyl halides is 1. The number of rotatable bonds is 7. The van der Waals surface area contributed by atoms with Crippen LogP contribution >= 0.6 is 23.4 Å². The molecule has 2 rings (SSSR count). The number of nitrogens with one attached hydrogen (secondary N) is 1. The maximum absolute atomic E-state index is 12.1. The number of fused-ring (bicyclic) bond motifs is 1. The van der Waals surface area contributed by atoms with Crippen LogP contribution in [0.1, 0.15) is 17.9 Å². The lowest BCUT2D eigenvalue weighted by Crippen LogP contribution is -2.30. The van der Waals surface area contributed by atoms with E-state index >= 15 is 0 Å². The smallest absolute Gasteiger partial charge is 0.228 e. The molecule has 1 heterocycles. The van der Waals surface area contributed by atoms with Crippen molar-refractivity contribution < 1.29 is 9.53 Å². The molecule has 1 aliphatic rings. The maximum atomic E-state index is 12.1. The quantitative estimate of drug-likeness (QED) is 0.621. The summed E-state index contributed by atoms with van der Waals surface area (Å²) < 4.78 is 5.26. The number of amides is 1. The van der Waals surface area contributed by atoms with Crippen LogP contribution in [0.15, 0.2) is 29.2 Å². The Morgan fingerprint density at radius 2 is 2.26 bits per heavy atom. The van der Waals surface area contributed by atoms with E-state index in [0.29, 0.717) is 25.6 Å². The van der Waals surface area contributed by atoms with Gasteiger partial charge in [0, 0.05) is 29.7 Å². The summed E-state index contributed by atoms with van der Waals surface area (Å²) >= 11 is 7.26. The van der Waals surface area contributed by atoms with Crippen molar-refractivity contribution in [1.29, 1.82) is 0 Å². The molecule has 3 nitrogen and oxygen atoms in total. The third-order valence-corrected chi connectivity index (χ3v) is 4.34. The summed E-state index contributed by atoms with van der Waals surface area (Å²) in [5.41, 5.74) is 1.16. The van der Waals surface area contributed by atoms with E-state index < -0.39 is 0 Å². The van der Waals surface area contributed by atoms with Crippen molar-refractivity contribution in [1.82, 2.24) is 5.32 Å². The van der Waals surface area contributed by atoms with Crippen LogP contribution in [-0.2, 0) is 9.53 Å². The highest BCUT2D eigenvalue weighted by Crippen LogP contribution is 2.39. The molecule has 1 amide bonds. The molecule has 1 aliphatic heterocycles.